The van der Waals surface area contributed by atoms with Crippen molar-refractivity contribution in [2.75, 3.05) is 24.6 Å². The molecule has 1 aliphatic carbocycles. The molecule has 1 saturated heterocycles. The molecular formula is C23H30FN3O3. The van der Waals surface area contributed by atoms with Gasteiger partial charge in [-0.1, -0.05) is 25.1 Å². The number of anilines is 1. The summed E-state index contributed by atoms with van der Waals surface area (Å²) in [6.45, 7) is 6.67. The van der Waals surface area contributed by atoms with E-state index in [2.05, 4.69) is 28.9 Å². The monoisotopic (exact) mass is 415 g/mol. The van der Waals surface area contributed by atoms with Gasteiger partial charge in [0.25, 0.3) is 0 Å². The van der Waals surface area contributed by atoms with Crippen LogP contribution in [0.3, 0.4) is 0 Å². The van der Waals surface area contributed by atoms with Gasteiger partial charge in [-0.15, -0.1) is 0 Å². The van der Waals surface area contributed by atoms with Crippen LogP contribution in [0.4, 0.5) is 10.4 Å². The number of nitrogens with zero attached hydrogens (tertiary/aromatic N) is 3. The van der Waals surface area contributed by atoms with Gasteiger partial charge in [0.15, 0.2) is 5.82 Å². The molecule has 2 fully saturated rings. The Hall–Kier alpha value is -2.44. The minimum atomic E-state index is -0.377. The molecular weight excluding hydrogens is 385 g/mol. The minimum absolute atomic E-state index is 0.0973. The van der Waals surface area contributed by atoms with Gasteiger partial charge in [-0.3, -0.25) is 0 Å². The van der Waals surface area contributed by atoms with Crippen molar-refractivity contribution in [1.82, 2.24) is 10.1 Å². The second-order valence-corrected chi connectivity index (χ2v) is 8.84. The lowest BCUT2D eigenvalue weighted by Crippen LogP contribution is -2.34. The highest BCUT2D eigenvalue weighted by molar-refractivity contribution is 5.55. The van der Waals surface area contributed by atoms with Gasteiger partial charge in [0.05, 0.1) is 6.61 Å². The standard InChI is InChI=1S/C23H30FN3O3/c1-15(2)22-25-23(30-26-22)27-9-5-16(6-10-27)20-13-18(20)8-12-29-19-4-3-17(7-11-28)21(24)14-19/h3-4,11,14-16,18,20H,5-10,12-13H2,1-2H3/t18-,20?/m1/s1. The lowest BCUT2D eigenvalue weighted by Gasteiger charge is -2.30. The molecule has 1 unspecified atom stereocenters. The average molecular weight is 416 g/mol. The van der Waals surface area contributed by atoms with Crippen molar-refractivity contribution in [3.05, 3.63) is 35.4 Å². The number of carbonyl (C=O) groups is 1. The topological polar surface area (TPSA) is 68.5 Å². The predicted octanol–water partition coefficient (Wildman–Crippen LogP) is 4.40. The Morgan fingerprint density at radius 2 is 2.13 bits per heavy atom. The maximum Gasteiger partial charge on any atom is 0.324 e. The molecule has 0 bridgehead atoms. The molecule has 6 nitrogen and oxygen atoms in total. The summed E-state index contributed by atoms with van der Waals surface area (Å²) < 4.78 is 25.0. The number of piperidine rings is 1. The smallest absolute Gasteiger partial charge is 0.324 e. The third-order valence-corrected chi connectivity index (χ3v) is 6.43. The molecule has 0 amide bonds. The molecule has 1 aromatic heterocycles. The Morgan fingerprint density at radius 3 is 2.80 bits per heavy atom. The van der Waals surface area contributed by atoms with Crippen molar-refractivity contribution in [1.29, 1.82) is 0 Å². The number of carbonyl (C=O) groups excluding carboxylic acids is 1. The lowest BCUT2D eigenvalue weighted by atomic mass is 9.90. The molecule has 2 aliphatic rings. The highest BCUT2D eigenvalue weighted by Crippen LogP contribution is 2.50. The Bertz CT molecular complexity index is 861. The molecule has 0 spiro atoms. The van der Waals surface area contributed by atoms with E-state index in [1.807, 2.05) is 0 Å². The molecule has 1 saturated carbocycles. The van der Waals surface area contributed by atoms with Crippen LogP contribution in [-0.4, -0.2) is 36.1 Å². The summed E-state index contributed by atoms with van der Waals surface area (Å²) >= 11 is 0. The average Bonchev–Trinajstić information content (AvgIpc) is 3.33. The maximum atomic E-state index is 13.9. The fraction of sp³-hybridized carbons (Fsp3) is 0.609. The van der Waals surface area contributed by atoms with E-state index in [-0.39, 0.29) is 18.2 Å². The van der Waals surface area contributed by atoms with E-state index < -0.39 is 0 Å². The predicted molar refractivity (Wildman–Crippen MR) is 111 cm³/mol. The van der Waals surface area contributed by atoms with Crippen LogP contribution >= 0.6 is 0 Å². The van der Waals surface area contributed by atoms with Crippen LogP contribution < -0.4 is 9.64 Å². The van der Waals surface area contributed by atoms with Crippen molar-refractivity contribution in [2.24, 2.45) is 17.8 Å². The van der Waals surface area contributed by atoms with E-state index >= 15 is 0 Å². The van der Waals surface area contributed by atoms with E-state index in [0.29, 0.717) is 36.1 Å². The first-order chi connectivity index (χ1) is 14.5. The van der Waals surface area contributed by atoms with Crippen LogP contribution in [0.25, 0.3) is 0 Å². The van der Waals surface area contributed by atoms with E-state index in [0.717, 1.165) is 50.0 Å². The molecule has 0 N–H and O–H groups in total. The van der Waals surface area contributed by atoms with E-state index in [1.165, 1.54) is 12.5 Å². The van der Waals surface area contributed by atoms with Gasteiger partial charge in [-0.2, -0.15) is 4.98 Å². The van der Waals surface area contributed by atoms with Gasteiger partial charge >= 0.3 is 6.01 Å². The van der Waals surface area contributed by atoms with Crippen molar-refractivity contribution in [3.63, 3.8) is 0 Å². The summed E-state index contributed by atoms with van der Waals surface area (Å²) in [5.41, 5.74) is 0.409. The number of hydrogen-bond acceptors (Lipinski definition) is 6. The zero-order valence-corrected chi connectivity index (χ0v) is 17.7. The molecule has 2 atom stereocenters. The fourth-order valence-electron chi connectivity index (χ4n) is 4.49. The molecule has 0 radical (unpaired) electrons. The number of benzene rings is 1. The van der Waals surface area contributed by atoms with Gasteiger partial charge in [0.2, 0.25) is 0 Å². The first kappa shape index (κ1) is 20.8. The number of halogens is 1. The highest BCUT2D eigenvalue weighted by atomic mass is 19.1. The second kappa shape index (κ2) is 9.14. The summed E-state index contributed by atoms with van der Waals surface area (Å²) in [4.78, 5) is 17.3. The Kier molecular flexibility index (Phi) is 6.35. The van der Waals surface area contributed by atoms with Crippen LogP contribution in [-0.2, 0) is 11.2 Å². The van der Waals surface area contributed by atoms with Gasteiger partial charge in [0, 0.05) is 31.5 Å². The minimum Gasteiger partial charge on any atom is -0.493 e. The Morgan fingerprint density at radius 1 is 1.33 bits per heavy atom. The van der Waals surface area contributed by atoms with Crippen LogP contribution in [0.2, 0.25) is 0 Å². The zero-order chi connectivity index (χ0) is 21.1. The molecule has 30 heavy (non-hydrogen) atoms. The zero-order valence-electron chi connectivity index (χ0n) is 17.7. The van der Waals surface area contributed by atoms with Crippen LogP contribution in [0.5, 0.6) is 5.75 Å². The van der Waals surface area contributed by atoms with Gasteiger partial charge < -0.3 is 19.0 Å². The summed E-state index contributed by atoms with van der Waals surface area (Å²) in [6, 6.07) is 5.40. The van der Waals surface area contributed by atoms with Crippen LogP contribution in [0, 0.1) is 23.6 Å². The molecule has 1 aliphatic heterocycles. The largest absolute Gasteiger partial charge is 0.493 e. The van der Waals surface area contributed by atoms with Crippen LogP contribution in [0.1, 0.15) is 56.8 Å². The normalized spacial score (nSPS) is 21.8. The van der Waals surface area contributed by atoms with Crippen molar-refractivity contribution in [3.8, 4) is 5.75 Å². The van der Waals surface area contributed by atoms with E-state index in [9.17, 15) is 9.18 Å². The highest BCUT2D eigenvalue weighted by Gasteiger charge is 2.43. The summed E-state index contributed by atoms with van der Waals surface area (Å²) in [5.74, 6) is 3.44. The number of aromatic nitrogens is 2. The molecule has 2 aromatic rings. The molecule has 7 heteroatoms. The number of hydrogen-bond donors (Lipinski definition) is 0. The maximum absolute atomic E-state index is 13.9. The van der Waals surface area contributed by atoms with Crippen molar-refractivity contribution in [2.45, 2.75) is 51.9 Å². The number of ether oxygens (including phenoxy) is 1. The van der Waals surface area contributed by atoms with Crippen LogP contribution in [0.15, 0.2) is 22.7 Å². The summed E-state index contributed by atoms with van der Waals surface area (Å²) in [7, 11) is 0. The fourth-order valence-corrected chi connectivity index (χ4v) is 4.49. The quantitative estimate of drug-likeness (QED) is 0.566. The number of aldehydes is 1. The Balaban J connectivity index is 1.18. The molecule has 4 rings (SSSR count). The van der Waals surface area contributed by atoms with Gasteiger partial charge in [-0.25, -0.2) is 4.39 Å². The summed E-state index contributed by atoms with van der Waals surface area (Å²) in [5, 5.41) is 4.07. The third-order valence-electron chi connectivity index (χ3n) is 6.43. The molecule has 162 valence electrons. The summed E-state index contributed by atoms with van der Waals surface area (Å²) in [6.07, 6.45) is 5.39. The molecule has 2 heterocycles. The molecule has 1 aromatic carbocycles. The van der Waals surface area contributed by atoms with Gasteiger partial charge in [-0.05, 0) is 55.1 Å². The third kappa shape index (κ3) is 4.82. The number of rotatable bonds is 9. The van der Waals surface area contributed by atoms with Crippen molar-refractivity contribution < 1.29 is 18.4 Å². The Labute approximate surface area is 176 Å². The first-order valence-corrected chi connectivity index (χ1v) is 11.0. The van der Waals surface area contributed by atoms with Gasteiger partial charge in [0.1, 0.15) is 17.9 Å². The van der Waals surface area contributed by atoms with E-state index in [1.54, 1.807) is 12.1 Å². The lowest BCUT2D eigenvalue weighted by molar-refractivity contribution is -0.107. The van der Waals surface area contributed by atoms with Crippen molar-refractivity contribution >= 4 is 12.3 Å². The second-order valence-electron chi connectivity index (χ2n) is 8.84. The SMILES string of the molecule is CC(C)c1noc(N2CCC(C3C[C@H]3CCOc3ccc(CC=O)c(F)c3)CC2)n1. The first-order valence-electron chi connectivity index (χ1n) is 11.0. The van der Waals surface area contributed by atoms with E-state index in [4.69, 9.17) is 9.26 Å².